The number of aliphatic hydroxyl groups excluding tert-OH is 1. The molecule has 10 heteroatoms. The van der Waals surface area contributed by atoms with Crippen molar-refractivity contribution in [3.05, 3.63) is 35.0 Å². The van der Waals surface area contributed by atoms with Gasteiger partial charge in [-0.3, -0.25) is 0 Å². The highest BCUT2D eigenvalue weighted by Gasteiger charge is 2.28. The minimum absolute atomic E-state index is 0.123. The Morgan fingerprint density at radius 2 is 2.12 bits per heavy atom. The van der Waals surface area contributed by atoms with Crippen LogP contribution in [0.3, 0.4) is 0 Å². The van der Waals surface area contributed by atoms with Gasteiger partial charge in [0, 0.05) is 37.2 Å². The van der Waals surface area contributed by atoms with Gasteiger partial charge in [-0.2, -0.15) is 0 Å². The molecule has 3 N–H and O–H groups in total. The van der Waals surface area contributed by atoms with Gasteiger partial charge in [0.05, 0.1) is 41.2 Å². The monoisotopic (exact) mass is 460 g/mol. The lowest BCUT2D eigenvalue weighted by Gasteiger charge is -2.28. The molecule has 2 fully saturated rings. The van der Waals surface area contributed by atoms with Crippen molar-refractivity contribution in [1.82, 2.24) is 24.8 Å². The lowest BCUT2D eigenvalue weighted by atomic mass is 10.0. The second kappa shape index (κ2) is 8.55. The molecule has 0 unspecified atom stereocenters. The minimum Gasteiger partial charge on any atom is -0.389 e. The number of hydrogen-bond donors (Lipinski definition) is 3. The molecule has 8 nitrogen and oxygen atoms in total. The van der Waals surface area contributed by atoms with Crippen molar-refractivity contribution in [3.8, 4) is 11.3 Å². The molecule has 2 atom stereocenters. The Balaban J connectivity index is 1.56. The molecule has 5 rings (SSSR count). The average Bonchev–Trinajstić information content (AvgIpc) is 3.09. The summed E-state index contributed by atoms with van der Waals surface area (Å²) in [6.45, 7) is 6.64. The summed E-state index contributed by atoms with van der Waals surface area (Å²) >= 11 is 6.42. The first-order valence-corrected chi connectivity index (χ1v) is 11.3. The van der Waals surface area contributed by atoms with E-state index in [1.165, 1.54) is 12.3 Å². The molecule has 1 aromatic carbocycles. The number of nitrogens with zero attached hydrogens (tertiary/aromatic N) is 4. The van der Waals surface area contributed by atoms with Crippen LogP contribution in [0.15, 0.2) is 18.3 Å². The summed E-state index contributed by atoms with van der Waals surface area (Å²) in [5, 5.41) is 16.9. The van der Waals surface area contributed by atoms with E-state index >= 15 is 4.39 Å². The topological polar surface area (TPSA) is 97.1 Å². The molecule has 2 aliphatic rings. The number of rotatable bonds is 5. The second-order valence-electron chi connectivity index (χ2n) is 8.69. The van der Waals surface area contributed by atoms with Crippen LogP contribution < -0.4 is 10.6 Å². The Morgan fingerprint density at radius 3 is 2.81 bits per heavy atom. The zero-order valence-corrected chi connectivity index (χ0v) is 18.7. The summed E-state index contributed by atoms with van der Waals surface area (Å²) in [6, 6.07) is 3.21. The normalized spacial score (nSPS) is 21.8. The van der Waals surface area contributed by atoms with E-state index in [9.17, 15) is 5.11 Å². The van der Waals surface area contributed by atoms with Crippen LogP contribution in [0.4, 0.5) is 10.3 Å². The zero-order chi connectivity index (χ0) is 22.4. The molecule has 2 saturated heterocycles. The quantitative estimate of drug-likeness (QED) is 0.538. The summed E-state index contributed by atoms with van der Waals surface area (Å²) in [7, 11) is 0. The number of ether oxygens (including phenoxy) is 1. The Bertz CT molecular complexity index is 1150. The standard InChI is InChI=1S/C22H26ClFN6O2/c1-11(2)30-17-6-12(5-15(24)20(17)28-21(30)13-7-25-8-13)19-14(23)9-26-22(29-19)27-16-3-4-32-10-18(16)31/h5-6,9,11,13,16,18,25,31H,3-4,7-8,10H2,1-2H3,(H,26,27,29)/t16-,18-/m1/s1. The van der Waals surface area contributed by atoms with E-state index in [1.54, 1.807) is 0 Å². The Hall–Kier alpha value is -2.33. The number of anilines is 1. The van der Waals surface area contributed by atoms with Crippen LogP contribution >= 0.6 is 11.6 Å². The van der Waals surface area contributed by atoms with Crippen LogP contribution in [0, 0.1) is 5.82 Å². The molecule has 0 saturated carbocycles. The molecule has 0 amide bonds. The first kappa shape index (κ1) is 21.5. The van der Waals surface area contributed by atoms with Crippen molar-refractivity contribution >= 4 is 28.6 Å². The average molecular weight is 461 g/mol. The van der Waals surface area contributed by atoms with Gasteiger partial charge in [-0.05, 0) is 32.4 Å². The first-order chi connectivity index (χ1) is 15.4. The van der Waals surface area contributed by atoms with Crippen molar-refractivity contribution in [1.29, 1.82) is 0 Å². The highest BCUT2D eigenvalue weighted by Crippen LogP contribution is 2.34. The number of hydrogen-bond acceptors (Lipinski definition) is 7. The number of benzene rings is 1. The van der Waals surface area contributed by atoms with Gasteiger partial charge in [-0.25, -0.2) is 19.3 Å². The lowest BCUT2D eigenvalue weighted by Crippen LogP contribution is -2.42. The largest absolute Gasteiger partial charge is 0.389 e. The zero-order valence-electron chi connectivity index (χ0n) is 18.0. The van der Waals surface area contributed by atoms with Crippen molar-refractivity contribution in [3.63, 3.8) is 0 Å². The number of halogens is 2. The molecule has 0 radical (unpaired) electrons. The van der Waals surface area contributed by atoms with Crippen molar-refractivity contribution in [2.24, 2.45) is 0 Å². The summed E-state index contributed by atoms with van der Waals surface area (Å²) in [6.07, 6.45) is 1.47. The fraction of sp³-hybridized carbons (Fsp3) is 0.500. The van der Waals surface area contributed by atoms with Gasteiger partial charge < -0.3 is 25.0 Å². The van der Waals surface area contributed by atoms with Crippen LogP contribution in [-0.4, -0.2) is 63.1 Å². The molecule has 0 aliphatic carbocycles. The molecule has 32 heavy (non-hydrogen) atoms. The summed E-state index contributed by atoms with van der Waals surface area (Å²) in [5.41, 5.74) is 2.06. The Kier molecular flexibility index (Phi) is 5.75. The Labute approximate surface area is 190 Å². The van der Waals surface area contributed by atoms with Crippen LogP contribution in [-0.2, 0) is 4.74 Å². The van der Waals surface area contributed by atoms with Gasteiger partial charge in [0.25, 0.3) is 0 Å². The molecular formula is C22H26ClFN6O2. The second-order valence-corrected chi connectivity index (χ2v) is 9.09. The van der Waals surface area contributed by atoms with Gasteiger partial charge in [0.1, 0.15) is 11.3 Å². The molecule has 170 valence electrons. The van der Waals surface area contributed by atoms with Gasteiger partial charge in [0.2, 0.25) is 5.95 Å². The number of nitrogens with one attached hydrogen (secondary N) is 2. The maximum Gasteiger partial charge on any atom is 0.223 e. The van der Waals surface area contributed by atoms with E-state index in [2.05, 4.69) is 44.0 Å². The van der Waals surface area contributed by atoms with E-state index in [4.69, 9.17) is 16.3 Å². The molecule has 2 aromatic heterocycles. The van der Waals surface area contributed by atoms with E-state index < -0.39 is 11.9 Å². The fourth-order valence-corrected chi connectivity index (χ4v) is 4.51. The summed E-state index contributed by atoms with van der Waals surface area (Å²) in [4.78, 5) is 13.4. The maximum atomic E-state index is 15.2. The minimum atomic E-state index is -0.653. The van der Waals surface area contributed by atoms with Gasteiger partial charge in [-0.15, -0.1) is 0 Å². The van der Waals surface area contributed by atoms with Crippen LogP contribution in [0.2, 0.25) is 5.02 Å². The van der Waals surface area contributed by atoms with E-state index in [0.717, 1.165) is 24.4 Å². The predicted octanol–water partition coefficient (Wildman–Crippen LogP) is 3.12. The third-order valence-electron chi connectivity index (χ3n) is 6.10. The van der Waals surface area contributed by atoms with Crippen molar-refractivity contribution in [2.75, 3.05) is 31.6 Å². The molecule has 0 spiro atoms. The first-order valence-electron chi connectivity index (χ1n) is 10.9. The molecule has 0 bridgehead atoms. The van der Waals surface area contributed by atoms with E-state index in [0.29, 0.717) is 40.8 Å². The van der Waals surface area contributed by atoms with E-state index in [1.807, 2.05) is 6.07 Å². The molecule has 4 heterocycles. The molecule has 3 aromatic rings. The maximum absolute atomic E-state index is 15.2. The van der Waals surface area contributed by atoms with Crippen LogP contribution in [0.1, 0.15) is 38.1 Å². The number of aliphatic hydroxyl groups is 1. The van der Waals surface area contributed by atoms with Crippen molar-refractivity contribution in [2.45, 2.75) is 44.4 Å². The van der Waals surface area contributed by atoms with E-state index in [-0.39, 0.29) is 24.6 Å². The van der Waals surface area contributed by atoms with Gasteiger partial charge in [-0.1, -0.05) is 11.6 Å². The van der Waals surface area contributed by atoms with Gasteiger partial charge in [0.15, 0.2) is 5.82 Å². The molecule has 2 aliphatic heterocycles. The fourth-order valence-electron chi connectivity index (χ4n) is 4.31. The van der Waals surface area contributed by atoms with Gasteiger partial charge >= 0.3 is 0 Å². The smallest absolute Gasteiger partial charge is 0.223 e. The van der Waals surface area contributed by atoms with Crippen LogP contribution in [0.5, 0.6) is 0 Å². The summed E-state index contributed by atoms with van der Waals surface area (Å²) in [5.74, 6) is 1.09. The van der Waals surface area contributed by atoms with Crippen LogP contribution in [0.25, 0.3) is 22.3 Å². The molecular weight excluding hydrogens is 435 g/mol. The third kappa shape index (κ3) is 3.83. The Morgan fingerprint density at radius 1 is 1.31 bits per heavy atom. The highest BCUT2D eigenvalue weighted by atomic mass is 35.5. The number of aromatic nitrogens is 4. The highest BCUT2D eigenvalue weighted by molar-refractivity contribution is 6.33. The third-order valence-corrected chi connectivity index (χ3v) is 6.37. The lowest BCUT2D eigenvalue weighted by molar-refractivity contribution is -0.0136. The predicted molar refractivity (Wildman–Crippen MR) is 121 cm³/mol. The van der Waals surface area contributed by atoms with Crippen molar-refractivity contribution < 1.29 is 14.2 Å². The number of imidazole rings is 1. The summed E-state index contributed by atoms with van der Waals surface area (Å²) < 4.78 is 22.6. The SMILES string of the molecule is CC(C)n1c(C2CNC2)nc2c(F)cc(-c3nc(N[C@@H]4CCOC[C@H]4O)ncc3Cl)cc21. The number of fused-ring (bicyclic) bond motifs is 1.